The van der Waals surface area contributed by atoms with E-state index in [0.717, 1.165) is 0 Å². The molecular formula is C19H20N4O4. The van der Waals surface area contributed by atoms with E-state index in [1.54, 1.807) is 24.3 Å². The molecule has 8 heteroatoms. The minimum absolute atomic E-state index is 0.0613. The molecule has 2 aromatic rings. The first-order chi connectivity index (χ1) is 13.1. The van der Waals surface area contributed by atoms with E-state index < -0.39 is 17.7 Å². The average molecular weight is 368 g/mol. The molecule has 1 fully saturated rings. The van der Waals surface area contributed by atoms with Gasteiger partial charge in [-0.25, -0.2) is 0 Å². The maximum Gasteiger partial charge on any atom is 0.288 e. The van der Waals surface area contributed by atoms with Crippen LogP contribution in [0, 0.1) is 5.92 Å². The number of ether oxygens (including phenoxy) is 1. The number of amides is 3. The molecule has 8 nitrogen and oxygen atoms in total. The Bertz CT molecular complexity index is 841. The van der Waals surface area contributed by atoms with Gasteiger partial charge in [-0.3, -0.25) is 30.2 Å². The van der Waals surface area contributed by atoms with E-state index in [1.165, 1.54) is 17.2 Å². The van der Waals surface area contributed by atoms with E-state index in [4.69, 9.17) is 4.74 Å². The fourth-order valence-corrected chi connectivity index (χ4v) is 2.86. The van der Waals surface area contributed by atoms with Gasteiger partial charge in [-0.15, -0.1) is 0 Å². The van der Waals surface area contributed by atoms with Crippen molar-refractivity contribution in [3.8, 4) is 5.75 Å². The minimum atomic E-state index is -0.573. The molecule has 0 radical (unpaired) electrons. The second kappa shape index (κ2) is 8.31. The fraction of sp³-hybridized carbons (Fsp3) is 0.263. The Morgan fingerprint density at radius 2 is 1.96 bits per heavy atom. The van der Waals surface area contributed by atoms with Crippen molar-refractivity contribution < 1.29 is 19.1 Å². The number of anilines is 1. The van der Waals surface area contributed by atoms with Gasteiger partial charge < -0.3 is 9.64 Å². The summed E-state index contributed by atoms with van der Waals surface area (Å²) in [7, 11) is 0. The van der Waals surface area contributed by atoms with Gasteiger partial charge in [-0.1, -0.05) is 18.2 Å². The zero-order valence-corrected chi connectivity index (χ0v) is 14.8. The Kier molecular flexibility index (Phi) is 5.65. The first-order valence-corrected chi connectivity index (χ1v) is 8.63. The van der Waals surface area contributed by atoms with Gasteiger partial charge in [0.2, 0.25) is 11.8 Å². The number of nitrogens with one attached hydrogen (secondary N) is 2. The number of hydrazine groups is 1. The number of carbonyl (C=O) groups is 3. The molecule has 27 heavy (non-hydrogen) atoms. The van der Waals surface area contributed by atoms with Crippen molar-refractivity contribution in [1.29, 1.82) is 0 Å². The standard InChI is InChI=1S/C19H20N4O4/c1-2-27-16-9-4-3-8-15(16)23-12-13(11-17(23)24)18(25)21-22-19(26)14-7-5-6-10-20-14/h3-10,13H,2,11-12H2,1H3,(H,21,25)(H,22,26)/t13-/m0/s1. The van der Waals surface area contributed by atoms with Crippen molar-refractivity contribution in [2.75, 3.05) is 18.1 Å². The van der Waals surface area contributed by atoms with Crippen LogP contribution in [0.1, 0.15) is 23.8 Å². The second-order valence-corrected chi connectivity index (χ2v) is 5.96. The molecule has 1 aliphatic rings. The Hall–Kier alpha value is -3.42. The molecule has 2 N–H and O–H groups in total. The van der Waals surface area contributed by atoms with Gasteiger partial charge >= 0.3 is 0 Å². The van der Waals surface area contributed by atoms with Crippen LogP contribution in [0.4, 0.5) is 5.69 Å². The predicted octanol–water partition coefficient (Wildman–Crippen LogP) is 1.29. The van der Waals surface area contributed by atoms with Gasteiger partial charge in [0, 0.05) is 19.2 Å². The van der Waals surface area contributed by atoms with Crippen LogP contribution in [-0.2, 0) is 9.59 Å². The summed E-state index contributed by atoms with van der Waals surface area (Å²) in [4.78, 5) is 42.1. The van der Waals surface area contributed by atoms with Crippen molar-refractivity contribution >= 4 is 23.4 Å². The van der Waals surface area contributed by atoms with Crippen LogP contribution in [0.25, 0.3) is 0 Å². The molecule has 140 valence electrons. The molecule has 1 aromatic carbocycles. The molecule has 1 saturated heterocycles. The summed E-state index contributed by atoms with van der Waals surface area (Å²) < 4.78 is 5.56. The van der Waals surface area contributed by atoms with Crippen molar-refractivity contribution in [2.45, 2.75) is 13.3 Å². The summed E-state index contributed by atoms with van der Waals surface area (Å²) >= 11 is 0. The van der Waals surface area contributed by atoms with Crippen LogP contribution >= 0.6 is 0 Å². The van der Waals surface area contributed by atoms with E-state index >= 15 is 0 Å². The molecule has 0 saturated carbocycles. The number of hydrogen-bond donors (Lipinski definition) is 2. The molecule has 0 bridgehead atoms. The zero-order chi connectivity index (χ0) is 19.2. The smallest absolute Gasteiger partial charge is 0.288 e. The topological polar surface area (TPSA) is 101 Å². The van der Waals surface area contributed by atoms with E-state index in [-0.39, 0.29) is 24.6 Å². The lowest BCUT2D eigenvalue weighted by molar-refractivity contribution is -0.126. The molecule has 0 spiro atoms. The number of hydrogen-bond acceptors (Lipinski definition) is 5. The zero-order valence-electron chi connectivity index (χ0n) is 14.8. The molecule has 3 amide bonds. The van der Waals surface area contributed by atoms with Gasteiger partial charge in [-0.05, 0) is 31.2 Å². The van der Waals surface area contributed by atoms with Crippen LogP contribution in [-0.4, -0.2) is 35.9 Å². The lowest BCUT2D eigenvalue weighted by Crippen LogP contribution is -2.45. The number of benzene rings is 1. The summed E-state index contributed by atoms with van der Waals surface area (Å²) in [6.07, 6.45) is 1.55. The lowest BCUT2D eigenvalue weighted by Gasteiger charge is -2.20. The van der Waals surface area contributed by atoms with Gasteiger partial charge in [0.15, 0.2) is 0 Å². The highest BCUT2D eigenvalue weighted by Crippen LogP contribution is 2.33. The van der Waals surface area contributed by atoms with Crippen LogP contribution < -0.4 is 20.5 Å². The van der Waals surface area contributed by atoms with Gasteiger partial charge in [0.05, 0.1) is 18.2 Å². The van der Waals surface area contributed by atoms with Crippen molar-refractivity contribution in [3.63, 3.8) is 0 Å². The summed E-state index contributed by atoms with van der Waals surface area (Å²) in [5, 5.41) is 0. The number of nitrogens with zero attached hydrogens (tertiary/aromatic N) is 2. The summed E-state index contributed by atoms with van der Waals surface area (Å²) in [5.41, 5.74) is 5.51. The van der Waals surface area contributed by atoms with Crippen molar-refractivity contribution in [3.05, 3.63) is 54.4 Å². The van der Waals surface area contributed by atoms with Gasteiger partial charge in [0.1, 0.15) is 11.4 Å². The average Bonchev–Trinajstić information content (AvgIpc) is 3.09. The van der Waals surface area contributed by atoms with Gasteiger partial charge in [0.25, 0.3) is 5.91 Å². The Labute approximate surface area is 156 Å². The summed E-state index contributed by atoms with van der Waals surface area (Å²) in [6, 6.07) is 12.1. The Morgan fingerprint density at radius 3 is 2.70 bits per heavy atom. The molecule has 0 aliphatic carbocycles. The summed E-state index contributed by atoms with van der Waals surface area (Å²) in [5.74, 6) is -1.09. The summed E-state index contributed by atoms with van der Waals surface area (Å²) in [6.45, 7) is 2.56. The highest BCUT2D eigenvalue weighted by Gasteiger charge is 2.36. The third-order valence-corrected chi connectivity index (χ3v) is 4.15. The van der Waals surface area contributed by atoms with E-state index in [2.05, 4.69) is 15.8 Å². The van der Waals surface area contributed by atoms with Crippen molar-refractivity contribution in [1.82, 2.24) is 15.8 Å². The van der Waals surface area contributed by atoms with E-state index in [9.17, 15) is 14.4 Å². The first-order valence-electron chi connectivity index (χ1n) is 8.63. The SMILES string of the molecule is CCOc1ccccc1N1C[C@@H](C(=O)NNC(=O)c2ccccn2)CC1=O. The monoisotopic (exact) mass is 368 g/mol. The third kappa shape index (κ3) is 4.22. The highest BCUT2D eigenvalue weighted by atomic mass is 16.5. The maximum absolute atomic E-state index is 12.4. The molecule has 2 heterocycles. The molecule has 1 aromatic heterocycles. The number of rotatable bonds is 5. The predicted molar refractivity (Wildman–Crippen MR) is 97.9 cm³/mol. The Balaban J connectivity index is 1.62. The molecular weight excluding hydrogens is 348 g/mol. The third-order valence-electron chi connectivity index (χ3n) is 4.15. The fourth-order valence-electron chi connectivity index (χ4n) is 2.86. The normalized spacial score (nSPS) is 16.1. The van der Waals surface area contributed by atoms with Crippen LogP contribution in [0.2, 0.25) is 0 Å². The van der Waals surface area contributed by atoms with Crippen LogP contribution in [0.15, 0.2) is 48.7 Å². The molecule has 0 unspecified atom stereocenters. The largest absolute Gasteiger partial charge is 0.492 e. The lowest BCUT2D eigenvalue weighted by atomic mass is 10.1. The second-order valence-electron chi connectivity index (χ2n) is 5.96. The van der Waals surface area contributed by atoms with Crippen LogP contribution in [0.3, 0.4) is 0 Å². The highest BCUT2D eigenvalue weighted by molar-refractivity contribution is 6.02. The Morgan fingerprint density at radius 1 is 1.19 bits per heavy atom. The molecule has 1 aliphatic heterocycles. The number of pyridine rings is 1. The van der Waals surface area contributed by atoms with E-state index in [1.807, 2.05) is 19.1 Å². The van der Waals surface area contributed by atoms with E-state index in [0.29, 0.717) is 18.0 Å². The number of carbonyl (C=O) groups excluding carboxylic acids is 3. The van der Waals surface area contributed by atoms with Crippen LogP contribution in [0.5, 0.6) is 5.75 Å². The first kappa shape index (κ1) is 18.4. The minimum Gasteiger partial charge on any atom is -0.492 e. The quantitative estimate of drug-likeness (QED) is 0.775. The number of aromatic nitrogens is 1. The molecule has 1 atom stereocenters. The maximum atomic E-state index is 12.4. The number of para-hydroxylation sites is 2. The van der Waals surface area contributed by atoms with Crippen molar-refractivity contribution in [2.24, 2.45) is 5.92 Å². The van der Waals surface area contributed by atoms with Gasteiger partial charge in [-0.2, -0.15) is 0 Å². The molecule has 3 rings (SSSR count).